The predicted molar refractivity (Wildman–Crippen MR) is 100 cm³/mol. The first-order valence-corrected chi connectivity index (χ1v) is 8.51. The molecule has 2 aromatic carbocycles. The number of nitrogens with one attached hydrogen (secondary N) is 1. The lowest BCUT2D eigenvalue weighted by Crippen LogP contribution is -2.09. The summed E-state index contributed by atoms with van der Waals surface area (Å²) in [5.41, 5.74) is 3.25. The van der Waals surface area contributed by atoms with Gasteiger partial charge in [0, 0.05) is 12.2 Å². The third-order valence-corrected chi connectivity index (χ3v) is 4.34. The minimum Gasteiger partial charge on any atom is -0.489 e. The molecule has 0 saturated carbocycles. The number of halogens is 4. The summed E-state index contributed by atoms with van der Waals surface area (Å²) in [5, 5.41) is 3.29. The van der Waals surface area contributed by atoms with Gasteiger partial charge in [-0.2, -0.15) is 13.2 Å². The molecule has 0 aromatic heterocycles. The summed E-state index contributed by atoms with van der Waals surface area (Å²) < 4.78 is 44.8. The highest BCUT2D eigenvalue weighted by molar-refractivity contribution is 5.85. The van der Waals surface area contributed by atoms with Crippen molar-refractivity contribution in [3.8, 4) is 5.75 Å². The van der Waals surface area contributed by atoms with Crippen LogP contribution < -0.4 is 10.1 Å². The van der Waals surface area contributed by atoms with Crippen LogP contribution in [0.2, 0.25) is 0 Å². The Bertz CT molecular complexity index is 759. The normalized spacial score (nSPS) is 13.2. The number of alkyl halides is 3. The first-order valence-electron chi connectivity index (χ1n) is 8.51. The molecule has 0 amide bonds. The molecule has 0 spiro atoms. The van der Waals surface area contributed by atoms with E-state index in [0.29, 0.717) is 12.0 Å². The number of anilines is 1. The molecule has 2 nitrogen and oxygen atoms in total. The molecule has 0 saturated heterocycles. The number of ether oxygens (including phenoxy) is 1. The van der Waals surface area contributed by atoms with Crippen LogP contribution in [0.5, 0.6) is 5.75 Å². The zero-order valence-electron chi connectivity index (χ0n) is 14.8. The van der Waals surface area contributed by atoms with Crippen LogP contribution in [0.4, 0.5) is 18.9 Å². The van der Waals surface area contributed by atoms with E-state index in [2.05, 4.69) is 5.32 Å². The maximum atomic E-state index is 13.0. The first kappa shape index (κ1) is 20.4. The van der Waals surface area contributed by atoms with Gasteiger partial charge in [0.05, 0.1) is 5.56 Å². The molecule has 1 heterocycles. The van der Waals surface area contributed by atoms with E-state index in [-0.39, 0.29) is 24.9 Å². The van der Waals surface area contributed by atoms with Crippen molar-refractivity contribution in [2.75, 3.05) is 11.9 Å². The Morgan fingerprint density at radius 2 is 1.85 bits per heavy atom. The lowest BCUT2D eigenvalue weighted by Gasteiger charge is -2.16. The first-order chi connectivity index (χ1) is 11.8. The van der Waals surface area contributed by atoms with E-state index in [0.717, 1.165) is 36.0 Å². The molecule has 26 heavy (non-hydrogen) atoms. The summed E-state index contributed by atoms with van der Waals surface area (Å²) in [4.78, 5) is 0. The topological polar surface area (TPSA) is 21.3 Å². The molecular formula is C20H23ClF3NO. The molecule has 0 fully saturated rings. The standard InChI is InChI=1S/C20H22F3NO.ClH/c1-13(2)9-16-10-17(20(21,22)23)4-3-15(16)12-25-18-5-6-19-14(11-18)7-8-24-19;/h3-6,10-11,13,24H,7-9,12H2,1-2H3;1H. The van der Waals surface area contributed by atoms with Gasteiger partial charge in [-0.05, 0) is 65.8 Å². The Morgan fingerprint density at radius 1 is 1.08 bits per heavy atom. The van der Waals surface area contributed by atoms with E-state index in [9.17, 15) is 13.2 Å². The summed E-state index contributed by atoms with van der Waals surface area (Å²) in [6.07, 6.45) is -2.76. The fourth-order valence-corrected chi connectivity index (χ4v) is 3.10. The van der Waals surface area contributed by atoms with Crippen LogP contribution in [0.25, 0.3) is 0 Å². The second-order valence-corrected chi connectivity index (χ2v) is 6.86. The number of fused-ring (bicyclic) bond motifs is 1. The Kier molecular flexibility index (Phi) is 6.45. The monoisotopic (exact) mass is 385 g/mol. The molecule has 0 radical (unpaired) electrons. The number of benzene rings is 2. The second kappa shape index (κ2) is 8.21. The van der Waals surface area contributed by atoms with Gasteiger partial charge in [-0.3, -0.25) is 0 Å². The minimum absolute atomic E-state index is 0. The van der Waals surface area contributed by atoms with Gasteiger partial charge in [-0.15, -0.1) is 12.4 Å². The lowest BCUT2D eigenvalue weighted by atomic mass is 9.96. The van der Waals surface area contributed by atoms with E-state index in [1.54, 1.807) is 0 Å². The van der Waals surface area contributed by atoms with E-state index in [1.807, 2.05) is 32.0 Å². The highest BCUT2D eigenvalue weighted by atomic mass is 35.5. The third-order valence-electron chi connectivity index (χ3n) is 4.34. The molecule has 0 unspecified atom stereocenters. The number of hydrogen-bond donors (Lipinski definition) is 1. The maximum absolute atomic E-state index is 13.0. The predicted octanol–water partition coefficient (Wildman–Crippen LogP) is 5.87. The average molecular weight is 386 g/mol. The molecule has 2 aromatic rings. The van der Waals surface area contributed by atoms with Gasteiger partial charge in [0.15, 0.2) is 0 Å². The van der Waals surface area contributed by atoms with Crippen molar-refractivity contribution in [1.82, 2.24) is 0 Å². The molecule has 0 bridgehead atoms. The van der Waals surface area contributed by atoms with Crippen molar-refractivity contribution in [3.63, 3.8) is 0 Å². The summed E-state index contributed by atoms with van der Waals surface area (Å²) in [6, 6.07) is 9.81. The molecule has 0 atom stereocenters. The van der Waals surface area contributed by atoms with Crippen LogP contribution in [0.1, 0.15) is 36.1 Å². The van der Waals surface area contributed by atoms with Gasteiger partial charge < -0.3 is 10.1 Å². The Balaban J connectivity index is 0.00000243. The van der Waals surface area contributed by atoms with Gasteiger partial charge >= 0.3 is 6.18 Å². The van der Waals surface area contributed by atoms with Gasteiger partial charge in [-0.1, -0.05) is 19.9 Å². The van der Waals surface area contributed by atoms with Crippen molar-refractivity contribution in [1.29, 1.82) is 0 Å². The van der Waals surface area contributed by atoms with Gasteiger partial charge in [0.1, 0.15) is 12.4 Å². The van der Waals surface area contributed by atoms with Crippen molar-refractivity contribution in [2.45, 2.75) is 39.5 Å². The molecular weight excluding hydrogens is 363 g/mol. The van der Waals surface area contributed by atoms with Crippen LogP contribution in [-0.2, 0) is 25.6 Å². The van der Waals surface area contributed by atoms with Gasteiger partial charge in [-0.25, -0.2) is 0 Å². The fraction of sp³-hybridized carbons (Fsp3) is 0.400. The zero-order valence-corrected chi connectivity index (χ0v) is 15.6. The summed E-state index contributed by atoms with van der Waals surface area (Å²) in [6.45, 7) is 5.19. The minimum atomic E-state index is -4.32. The fourth-order valence-electron chi connectivity index (χ4n) is 3.10. The summed E-state index contributed by atoms with van der Waals surface area (Å²) >= 11 is 0. The quantitative estimate of drug-likeness (QED) is 0.694. The second-order valence-electron chi connectivity index (χ2n) is 6.86. The summed E-state index contributed by atoms with van der Waals surface area (Å²) in [7, 11) is 0. The van der Waals surface area contributed by atoms with Crippen LogP contribution in [0.15, 0.2) is 36.4 Å². The average Bonchev–Trinajstić information content (AvgIpc) is 2.99. The number of rotatable bonds is 5. The van der Waals surface area contributed by atoms with Crippen molar-refractivity contribution < 1.29 is 17.9 Å². The van der Waals surface area contributed by atoms with Crippen molar-refractivity contribution in [3.05, 3.63) is 58.7 Å². The van der Waals surface area contributed by atoms with E-state index in [4.69, 9.17) is 4.74 Å². The molecule has 1 aliphatic rings. The Hall–Kier alpha value is -1.88. The molecule has 0 aliphatic carbocycles. The van der Waals surface area contributed by atoms with Gasteiger partial charge in [0.25, 0.3) is 0 Å². The third kappa shape index (κ3) is 4.85. The zero-order chi connectivity index (χ0) is 18.0. The van der Waals surface area contributed by atoms with Crippen LogP contribution in [-0.4, -0.2) is 6.54 Å². The Labute approximate surface area is 158 Å². The molecule has 1 aliphatic heterocycles. The largest absolute Gasteiger partial charge is 0.489 e. The Morgan fingerprint density at radius 3 is 2.54 bits per heavy atom. The molecule has 142 valence electrons. The van der Waals surface area contributed by atoms with Crippen molar-refractivity contribution in [2.24, 2.45) is 5.92 Å². The van der Waals surface area contributed by atoms with Crippen LogP contribution in [0, 0.1) is 5.92 Å². The van der Waals surface area contributed by atoms with E-state index in [1.165, 1.54) is 17.7 Å². The van der Waals surface area contributed by atoms with Crippen LogP contribution in [0.3, 0.4) is 0 Å². The maximum Gasteiger partial charge on any atom is 0.416 e. The van der Waals surface area contributed by atoms with Crippen molar-refractivity contribution >= 4 is 18.1 Å². The van der Waals surface area contributed by atoms with E-state index >= 15 is 0 Å². The lowest BCUT2D eigenvalue weighted by molar-refractivity contribution is -0.137. The van der Waals surface area contributed by atoms with E-state index < -0.39 is 11.7 Å². The molecule has 3 rings (SSSR count). The highest BCUT2D eigenvalue weighted by Gasteiger charge is 2.31. The smallest absolute Gasteiger partial charge is 0.416 e. The molecule has 1 N–H and O–H groups in total. The SMILES string of the molecule is CC(C)Cc1cc(C(F)(F)F)ccc1COc1ccc2c(c1)CCN2.Cl. The van der Waals surface area contributed by atoms with Gasteiger partial charge in [0.2, 0.25) is 0 Å². The molecule has 6 heteroatoms. The van der Waals surface area contributed by atoms with Crippen LogP contribution >= 0.6 is 12.4 Å². The number of hydrogen-bond acceptors (Lipinski definition) is 2. The summed E-state index contributed by atoms with van der Waals surface area (Å²) in [5.74, 6) is 1.02. The highest BCUT2D eigenvalue weighted by Crippen LogP contribution is 2.32.